The van der Waals surface area contributed by atoms with Gasteiger partial charge in [-0.2, -0.15) is 0 Å². The predicted molar refractivity (Wildman–Crippen MR) is 62.1 cm³/mol. The molecule has 1 heterocycles. The zero-order valence-corrected chi connectivity index (χ0v) is 9.45. The Bertz CT molecular complexity index is 408. The van der Waals surface area contributed by atoms with E-state index in [-0.39, 0.29) is 0 Å². The van der Waals surface area contributed by atoms with Gasteiger partial charge < -0.3 is 0 Å². The monoisotopic (exact) mass is 247 g/mol. The fourth-order valence-electron chi connectivity index (χ4n) is 1.37. The van der Waals surface area contributed by atoms with E-state index in [0.29, 0.717) is 0 Å². The molecule has 0 unspecified atom stereocenters. The summed E-state index contributed by atoms with van der Waals surface area (Å²) in [6.07, 6.45) is 1.81. The maximum atomic E-state index is 4.32. The van der Waals surface area contributed by atoms with Crippen LogP contribution in [0.4, 0.5) is 0 Å². The summed E-state index contributed by atoms with van der Waals surface area (Å²) in [6.45, 7) is 2.08. The summed E-state index contributed by atoms with van der Waals surface area (Å²) < 4.78 is 1.06. The Labute approximate surface area is 91.9 Å². The minimum Gasteiger partial charge on any atom is -0.256 e. The first kappa shape index (κ1) is 9.41. The van der Waals surface area contributed by atoms with Crippen LogP contribution in [-0.4, -0.2) is 4.98 Å². The van der Waals surface area contributed by atoms with Crippen LogP contribution in [0.15, 0.2) is 47.1 Å². The Morgan fingerprint density at radius 3 is 2.71 bits per heavy atom. The number of pyridine rings is 1. The van der Waals surface area contributed by atoms with Crippen molar-refractivity contribution in [3.8, 4) is 11.3 Å². The van der Waals surface area contributed by atoms with Crippen LogP contribution in [-0.2, 0) is 0 Å². The van der Waals surface area contributed by atoms with Gasteiger partial charge in [-0.15, -0.1) is 0 Å². The lowest BCUT2D eigenvalue weighted by Crippen LogP contribution is -1.83. The van der Waals surface area contributed by atoms with E-state index < -0.39 is 0 Å². The highest BCUT2D eigenvalue weighted by Gasteiger charge is 1.98. The SMILES string of the molecule is Cc1cccc(-c2cc(Br)ccn2)c1. The first-order valence-electron chi connectivity index (χ1n) is 4.44. The van der Waals surface area contributed by atoms with Gasteiger partial charge in [-0.25, -0.2) is 0 Å². The predicted octanol–water partition coefficient (Wildman–Crippen LogP) is 3.82. The Hall–Kier alpha value is -1.15. The zero-order valence-electron chi connectivity index (χ0n) is 7.87. The maximum absolute atomic E-state index is 4.32. The van der Waals surface area contributed by atoms with Crippen molar-refractivity contribution in [2.75, 3.05) is 0 Å². The van der Waals surface area contributed by atoms with Crippen LogP contribution in [0, 0.1) is 6.92 Å². The van der Waals surface area contributed by atoms with Gasteiger partial charge in [0.1, 0.15) is 0 Å². The fraction of sp³-hybridized carbons (Fsp3) is 0.0833. The molecule has 14 heavy (non-hydrogen) atoms. The molecule has 0 bridgehead atoms. The number of halogens is 1. The van der Waals surface area contributed by atoms with Crippen molar-refractivity contribution in [2.24, 2.45) is 0 Å². The minimum absolute atomic E-state index is 1.00. The number of rotatable bonds is 1. The second-order valence-electron chi connectivity index (χ2n) is 3.23. The van der Waals surface area contributed by atoms with E-state index in [1.165, 1.54) is 5.56 Å². The highest BCUT2D eigenvalue weighted by atomic mass is 79.9. The van der Waals surface area contributed by atoms with E-state index in [9.17, 15) is 0 Å². The molecule has 0 atom stereocenters. The normalized spacial score (nSPS) is 10.1. The molecule has 0 N–H and O–H groups in total. The molecule has 0 aliphatic carbocycles. The molecule has 1 aromatic carbocycles. The van der Waals surface area contributed by atoms with Crippen molar-refractivity contribution in [3.63, 3.8) is 0 Å². The van der Waals surface area contributed by atoms with Gasteiger partial charge in [0.2, 0.25) is 0 Å². The van der Waals surface area contributed by atoms with Crippen LogP contribution < -0.4 is 0 Å². The summed E-state index contributed by atoms with van der Waals surface area (Å²) in [6, 6.07) is 12.3. The van der Waals surface area contributed by atoms with Crippen LogP contribution in [0.5, 0.6) is 0 Å². The molecule has 1 aromatic heterocycles. The minimum atomic E-state index is 1.00. The van der Waals surface area contributed by atoms with Gasteiger partial charge >= 0.3 is 0 Å². The molecular formula is C12H10BrN. The van der Waals surface area contributed by atoms with Gasteiger partial charge in [0.25, 0.3) is 0 Å². The molecule has 2 aromatic rings. The molecule has 0 spiro atoms. The summed E-state index contributed by atoms with van der Waals surface area (Å²) in [5, 5.41) is 0. The molecule has 2 rings (SSSR count). The molecule has 0 saturated heterocycles. The molecular weight excluding hydrogens is 238 g/mol. The first-order valence-corrected chi connectivity index (χ1v) is 5.23. The van der Waals surface area contributed by atoms with Crippen molar-refractivity contribution >= 4 is 15.9 Å². The third kappa shape index (κ3) is 2.02. The number of hydrogen-bond donors (Lipinski definition) is 0. The van der Waals surface area contributed by atoms with Crippen LogP contribution in [0.1, 0.15) is 5.56 Å². The van der Waals surface area contributed by atoms with Crippen LogP contribution in [0.3, 0.4) is 0 Å². The molecule has 2 heteroatoms. The summed E-state index contributed by atoms with van der Waals surface area (Å²) in [5.41, 5.74) is 3.42. The molecule has 0 aliphatic heterocycles. The first-order chi connectivity index (χ1) is 6.75. The highest BCUT2D eigenvalue weighted by Crippen LogP contribution is 2.20. The summed E-state index contributed by atoms with van der Waals surface area (Å²) in [5.74, 6) is 0. The van der Waals surface area contributed by atoms with E-state index in [1.807, 2.05) is 24.4 Å². The van der Waals surface area contributed by atoms with Gasteiger partial charge in [-0.1, -0.05) is 39.7 Å². The van der Waals surface area contributed by atoms with Crippen molar-refractivity contribution in [1.82, 2.24) is 4.98 Å². The molecule has 0 radical (unpaired) electrons. The summed E-state index contributed by atoms with van der Waals surface area (Å²) >= 11 is 3.44. The van der Waals surface area contributed by atoms with Crippen molar-refractivity contribution < 1.29 is 0 Å². The lowest BCUT2D eigenvalue weighted by Gasteiger charge is -2.01. The van der Waals surface area contributed by atoms with E-state index in [1.54, 1.807) is 0 Å². The second kappa shape index (κ2) is 3.93. The molecule has 0 fully saturated rings. The number of aromatic nitrogens is 1. The number of hydrogen-bond acceptors (Lipinski definition) is 1. The van der Waals surface area contributed by atoms with Gasteiger partial charge in [-0.3, -0.25) is 4.98 Å². The van der Waals surface area contributed by atoms with Crippen LogP contribution in [0.25, 0.3) is 11.3 Å². The largest absolute Gasteiger partial charge is 0.256 e. The number of benzene rings is 1. The average Bonchev–Trinajstić information content (AvgIpc) is 2.18. The molecule has 0 saturated carbocycles. The Balaban J connectivity index is 2.49. The van der Waals surface area contributed by atoms with Gasteiger partial charge in [0.05, 0.1) is 5.69 Å². The summed E-state index contributed by atoms with van der Waals surface area (Å²) in [7, 11) is 0. The topological polar surface area (TPSA) is 12.9 Å². The van der Waals surface area contributed by atoms with Crippen LogP contribution in [0.2, 0.25) is 0 Å². The Morgan fingerprint density at radius 2 is 2.00 bits per heavy atom. The smallest absolute Gasteiger partial charge is 0.0713 e. The average molecular weight is 248 g/mol. The zero-order chi connectivity index (χ0) is 9.97. The highest BCUT2D eigenvalue weighted by molar-refractivity contribution is 9.10. The second-order valence-corrected chi connectivity index (χ2v) is 4.14. The van der Waals surface area contributed by atoms with Crippen LogP contribution >= 0.6 is 15.9 Å². The van der Waals surface area contributed by atoms with Gasteiger partial charge in [0, 0.05) is 16.2 Å². The quantitative estimate of drug-likeness (QED) is 0.747. The standard InChI is InChI=1S/C12H10BrN/c1-9-3-2-4-10(7-9)12-8-11(13)5-6-14-12/h2-8H,1H3. The molecule has 70 valence electrons. The Kier molecular flexibility index (Phi) is 2.64. The Morgan fingerprint density at radius 1 is 1.14 bits per heavy atom. The maximum Gasteiger partial charge on any atom is 0.0713 e. The van der Waals surface area contributed by atoms with Gasteiger partial charge in [-0.05, 0) is 25.1 Å². The van der Waals surface area contributed by atoms with E-state index in [4.69, 9.17) is 0 Å². The third-order valence-corrected chi connectivity index (χ3v) is 2.53. The molecule has 0 amide bonds. The van der Waals surface area contributed by atoms with Crippen molar-refractivity contribution in [3.05, 3.63) is 52.6 Å². The van der Waals surface area contributed by atoms with E-state index in [2.05, 4.69) is 46.0 Å². The lowest BCUT2D eigenvalue weighted by atomic mass is 10.1. The third-order valence-electron chi connectivity index (χ3n) is 2.04. The number of aryl methyl sites for hydroxylation is 1. The van der Waals surface area contributed by atoms with Crippen molar-refractivity contribution in [1.29, 1.82) is 0 Å². The molecule has 1 nitrogen and oxygen atoms in total. The fourth-order valence-corrected chi connectivity index (χ4v) is 1.70. The van der Waals surface area contributed by atoms with Crippen molar-refractivity contribution in [2.45, 2.75) is 6.92 Å². The molecule has 0 aliphatic rings. The lowest BCUT2D eigenvalue weighted by molar-refractivity contribution is 1.31. The van der Waals surface area contributed by atoms with E-state index in [0.717, 1.165) is 15.7 Å². The number of nitrogens with zero attached hydrogens (tertiary/aromatic N) is 1. The van der Waals surface area contributed by atoms with Gasteiger partial charge in [0.15, 0.2) is 0 Å². The summed E-state index contributed by atoms with van der Waals surface area (Å²) in [4.78, 5) is 4.32. The van der Waals surface area contributed by atoms with E-state index >= 15 is 0 Å².